The molecule has 0 atom stereocenters. The molecule has 0 spiro atoms. The van der Waals surface area contributed by atoms with Crippen molar-refractivity contribution in [1.29, 1.82) is 0 Å². The Hall–Kier alpha value is -2.34. The first kappa shape index (κ1) is 15.6. The van der Waals surface area contributed by atoms with E-state index < -0.39 is 10.0 Å². The molecule has 0 radical (unpaired) electrons. The van der Waals surface area contributed by atoms with Crippen LogP contribution < -0.4 is 9.21 Å². The molecule has 5 nitrogen and oxygen atoms in total. The van der Waals surface area contributed by atoms with Gasteiger partial charge in [0.15, 0.2) is 0 Å². The Morgan fingerprint density at radius 1 is 1.09 bits per heavy atom. The molecular weight excluding hydrogens is 312 g/mol. The van der Waals surface area contributed by atoms with Gasteiger partial charge in [0.2, 0.25) is 10.0 Å². The summed E-state index contributed by atoms with van der Waals surface area (Å²) in [5.41, 5.74) is 3.21. The normalized spacial score (nSPS) is 13.7. The number of fused-ring (bicyclic) bond motifs is 1. The van der Waals surface area contributed by atoms with E-state index in [0.717, 1.165) is 18.4 Å². The lowest BCUT2D eigenvalue weighted by atomic mass is 10.1. The third kappa shape index (κ3) is 2.94. The van der Waals surface area contributed by atoms with Gasteiger partial charge in [0.25, 0.3) is 5.91 Å². The molecule has 6 heteroatoms. The van der Waals surface area contributed by atoms with Crippen molar-refractivity contribution in [2.75, 3.05) is 29.1 Å². The number of hydrogen-bond acceptors (Lipinski definition) is 3. The number of carbonyl (C=O) groups excluding carboxylic acids is 1. The summed E-state index contributed by atoms with van der Waals surface area (Å²) < 4.78 is 24.3. The van der Waals surface area contributed by atoms with E-state index in [-0.39, 0.29) is 5.91 Å². The van der Waals surface area contributed by atoms with Crippen LogP contribution >= 0.6 is 0 Å². The monoisotopic (exact) mass is 330 g/mol. The van der Waals surface area contributed by atoms with Crippen LogP contribution in [0.3, 0.4) is 0 Å². The number of sulfonamides is 1. The first-order valence-corrected chi connectivity index (χ1v) is 9.16. The van der Waals surface area contributed by atoms with E-state index >= 15 is 0 Å². The Balaban J connectivity index is 1.85. The molecule has 0 saturated carbocycles. The average Bonchev–Trinajstić information content (AvgIpc) is 2.97. The largest absolute Gasteiger partial charge is 0.308 e. The third-order valence-electron chi connectivity index (χ3n) is 4.11. The van der Waals surface area contributed by atoms with E-state index in [1.165, 1.54) is 16.9 Å². The average molecular weight is 330 g/mol. The zero-order valence-electron chi connectivity index (χ0n) is 13.1. The summed E-state index contributed by atoms with van der Waals surface area (Å²) in [7, 11) is -1.82. The lowest BCUT2D eigenvalue weighted by Crippen LogP contribution is -2.29. The number of benzene rings is 2. The first-order chi connectivity index (χ1) is 10.9. The van der Waals surface area contributed by atoms with Gasteiger partial charge in [0.1, 0.15) is 0 Å². The zero-order chi connectivity index (χ0) is 16.6. The van der Waals surface area contributed by atoms with E-state index in [9.17, 15) is 13.2 Å². The molecule has 0 unspecified atom stereocenters. The summed E-state index contributed by atoms with van der Waals surface area (Å²) in [4.78, 5) is 14.5. The number of rotatable bonds is 3. The molecule has 1 aliphatic rings. The van der Waals surface area contributed by atoms with Gasteiger partial charge >= 0.3 is 0 Å². The summed E-state index contributed by atoms with van der Waals surface area (Å²) >= 11 is 0. The van der Waals surface area contributed by atoms with Crippen molar-refractivity contribution in [3.8, 4) is 0 Å². The van der Waals surface area contributed by atoms with Crippen LogP contribution in [0.4, 0.5) is 11.4 Å². The highest BCUT2D eigenvalue weighted by Crippen LogP contribution is 2.29. The summed E-state index contributed by atoms with van der Waals surface area (Å²) in [5, 5.41) is 0. The van der Waals surface area contributed by atoms with Crippen LogP contribution in [0.2, 0.25) is 0 Å². The van der Waals surface area contributed by atoms with Gasteiger partial charge < -0.3 is 4.90 Å². The Labute approximate surface area is 136 Å². The summed E-state index contributed by atoms with van der Waals surface area (Å²) in [5.74, 6) is -0.0662. The minimum atomic E-state index is -3.31. The van der Waals surface area contributed by atoms with Crippen LogP contribution in [0.15, 0.2) is 48.5 Å². The van der Waals surface area contributed by atoms with Gasteiger partial charge in [-0.3, -0.25) is 9.10 Å². The maximum Gasteiger partial charge on any atom is 0.258 e. The fraction of sp³-hybridized carbons (Fsp3) is 0.235. The second-order valence-electron chi connectivity index (χ2n) is 5.61. The lowest BCUT2D eigenvalue weighted by molar-refractivity contribution is 0.0989. The second kappa shape index (κ2) is 5.70. The van der Waals surface area contributed by atoms with Gasteiger partial charge in [0, 0.05) is 24.8 Å². The van der Waals surface area contributed by atoms with E-state index in [1.807, 2.05) is 24.3 Å². The van der Waals surface area contributed by atoms with Crippen molar-refractivity contribution in [2.45, 2.75) is 6.42 Å². The van der Waals surface area contributed by atoms with Gasteiger partial charge in [-0.25, -0.2) is 8.42 Å². The summed E-state index contributed by atoms with van der Waals surface area (Å²) in [6.07, 6.45) is 2.00. The van der Waals surface area contributed by atoms with Crippen LogP contribution in [0.1, 0.15) is 15.9 Å². The molecule has 120 valence electrons. The van der Waals surface area contributed by atoms with Gasteiger partial charge in [-0.2, -0.15) is 0 Å². The van der Waals surface area contributed by atoms with E-state index in [1.54, 1.807) is 29.2 Å². The molecule has 3 rings (SSSR count). The number of carbonyl (C=O) groups is 1. The minimum Gasteiger partial charge on any atom is -0.308 e. The number of hydrogen-bond donors (Lipinski definition) is 0. The zero-order valence-corrected chi connectivity index (χ0v) is 13.9. The van der Waals surface area contributed by atoms with Crippen molar-refractivity contribution >= 4 is 27.3 Å². The molecule has 1 heterocycles. The smallest absolute Gasteiger partial charge is 0.258 e. The molecule has 0 bridgehead atoms. The molecule has 0 fully saturated rings. The van der Waals surface area contributed by atoms with Crippen LogP contribution in [0, 0.1) is 0 Å². The van der Waals surface area contributed by atoms with Gasteiger partial charge in [-0.15, -0.1) is 0 Å². The molecular formula is C17H18N2O3S. The second-order valence-corrected chi connectivity index (χ2v) is 7.63. The predicted molar refractivity (Wildman–Crippen MR) is 91.5 cm³/mol. The number of para-hydroxylation sites is 1. The maximum absolute atomic E-state index is 12.7. The molecule has 0 aromatic heterocycles. The van der Waals surface area contributed by atoms with Crippen LogP contribution in [0.25, 0.3) is 0 Å². The number of nitrogens with zero attached hydrogens (tertiary/aromatic N) is 2. The Morgan fingerprint density at radius 2 is 1.74 bits per heavy atom. The standard InChI is InChI=1S/C17H18N2O3S/c1-18(23(2,21)22)15-9-7-14(8-10-15)17(20)19-12-11-13-5-3-4-6-16(13)19/h3-10H,11-12H2,1-2H3. The van der Waals surface area contributed by atoms with Gasteiger partial charge in [-0.1, -0.05) is 18.2 Å². The highest BCUT2D eigenvalue weighted by Gasteiger charge is 2.25. The molecule has 1 aliphatic heterocycles. The van der Waals surface area contributed by atoms with Crippen molar-refractivity contribution in [3.63, 3.8) is 0 Å². The Morgan fingerprint density at radius 3 is 2.39 bits per heavy atom. The minimum absolute atomic E-state index is 0.0662. The van der Waals surface area contributed by atoms with Crippen LogP contribution in [-0.4, -0.2) is 34.2 Å². The highest BCUT2D eigenvalue weighted by molar-refractivity contribution is 7.92. The van der Waals surface area contributed by atoms with Crippen LogP contribution in [0.5, 0.6) is 0 Å². The molecule has 0 saturated heterocycles. The molecule has 0 aliphatic carbocycles. The summed E-state index contributed by atoms with van der Waals surface area (Å²) in [6.45, 7) is 0.670. The fourth-order valence-corrected chi connectivity index (χ4v) is 3.22. The van der Waals surface area contributed by atoms with Gasteiger partial charge in [0.05, 0.1) is 11.9 Å². The Bertz CT molecular complexity index is 844. The highest BCUT2D eigenvalue weighted by atomic mass is 32.2. The summed E-state index contributed by atoms with van der Waals surface area (Å²) in [6, 6.07) is 14.5. The van der Waals surface area contributed by atoms with Crippen molar-refractivity contribution in [2.24, 2.45) is 0 Å². The number of amides is 1. The molecule has 2 aromatic carbocycles. The Kier molecular flexibility index (Phi) is 3.85. The molecule has 1 amide bonds. The van der Waals surface area contributed by atoms with Crippen molar-refractivity contribution < 1.29 is 13.2 Å². The topological polar surface area (TPSA) is 57.7 Å². The van der Waals surface area contributed by atoms with Crippen LogP contribution in [-0.2, 0) is 16.4 Å². The van der Waals surface area contributed by atoms with E-state index in [0.29, 0.717) is 17.8 Å². The quantitative estimate of drug-likeness (QED) is 0.867. The number of anilines is 2. The predicted octanol–water partition coefficient (Wildman–Crippen LogP) is 2.29. The lowest BCUT2D eigenvalue weighted by Gasteiger charge is -2.19. The molecule has 2 aromatic rings. The first-order valence-electron chi connectivity index (χ1n) is 7.31. The fourth-order valence-electron chi connectivity index (χ4n) is 2.71. The van der Waals surface area contributed by atoms with Crippen molar-refractivity contribution in [3.05, 3.63) is 59.7 Å². The van der Waals surface area contributed by atoms with E-state index in [2.05, 4.69) is 0 Å². The third-order valence-corrected chi connectivity index (χ3v) is 5.31. The molecule has 23 heavy (non-hydrogen) atoms. The maximum atomic E-state index is 12.7. The van der Waals surface area contributed by atoms with Crippen molar-refractivity contribution in [1.82, 2.24) is 0 Å². The SMILES string of the molecule is CN(c1ccc(C(=O)N2CCc3ccccc32)cc1)S(C)(=O)=O. The van der Waals surface area contributed by atoms with Gasteiger partial charge in [-0.05, 0) is 42.3 Å². The van der Waals surface area contributed by atoms with E-state index in [4.69, 9.17) is 0 Å². The molecule has 0 N–H and O–H groups in total.